The Morgan fingerprint density at radius 3 is 2.17 bits per heavy atom. The standard InChI is InChI=1S/C9H20O2Si/c1-5-12(4,6-2)8-7-11-9(3)10/h5-8H2,1-4H3. The van der Waals surface area contributed by atoms with Crippen molar-refractivity contribution in [1.82, 2.24) is 0 Å². The minimum absolute atomic E-state index is 0.154. The number of carbonyl (C=O) groups excluding carboxylic acids is 1. The molecule has 0 aliphatic carbocycles. The molecule has 0 unspecified atom stereocenters. The van der Waals surface area contributed by atoms with E-state index >= 15 is 0 Å². The van der Waals surface area contributed by atoms with Gasteiger partial charge in [0.1, 0.15) is 0 Å². The van der Waals surface area contributed by atoms with Crippen LogP contribution in [0.25, 0.3) is 0 Å². The molecule has 0 aliphatic rings. The lowest BCUT2D eigenvalue weighted by atomic mass is 10.8. The summed E-state index contributed by atoms with van der Waals surface area (Å²) in [5, 5.41) is 0. The molecule has 0 saturated heterocycles. The van der Waals surface area contributed by atoms with Gasteiger partial charge in [-0.25, -0.2) is 0 Å². The normalized spacial score (nSPS) is 11.3. The molecule has 0 aromatic rings. The Balaban J connectivity index is 3.65. The van der Waals surface area contributed by atoms with E-state index in [1.807, 2.05) is 0 Å². The van der Waals surface area contributed by atoms with Crippen LogP contribution in [0.5, 0.6) is 0 Å². The first-order chi connectivity index (χ1) is 5.54. The minimum Gasteiger partial charge on any atom is -0.466 e. The molecule has 72 valence electrons. The van der Waals surface area contributed by atoms with Crippen LogP contribution in [0.3, 0.4) is 0 Å². The summed E-state index contributed by atoms with van der Waals surface area (Å²) in [6.45, 7) is 8.94. The third kappa shape index (κ3) is 4.54. The van der Waals surface area contributed by atoms with E-state index in [4.69, 9.17) is 4.74 Å². The number of hydrogen-bond donors (Lipinski definition) is 0. The Kier molecular flexibility index (Phi) is 5.21. The predicted octanol–water partition coefficient (Wildman–Crippen LogP) is 2.67. The second-order valence-electron chi connectivity index (χ2n) is 3.61. The van der Waals surface area contributed by atoms with E-state index in [0.717, 1.165) is 6.04 Å². The van der Waals surface area contributed by atoms with Crippen molar-refractivity contribution in [3.05, 3.63) is 0 Å². The first kappa shape index (κ1) is 11.7. The van der Waals surface area contributed by atoms with Crippen molar-refractivity contribution in [3.63, 3.8) is 0 Å². The molecule has 0 radical (unpaired) electrons. The van der Waals surface area contributed by atoms with Crippen LogP contribution in [0.15, 0.2) is 0 Å². The molecule has 0 atom stereocenters. The first-order valence-electron chi connectivity index (χ1n) is 4.67. The average molecular weight is 188 g/mol. The highest BCUT2D eigenvalue weighted by Gasteiger charge is 2.21. The zero-order chi connectivity index (χ0) is 9.61. The van der Waals surface area contributed by atoms with Gasteiger partial charge in [-0.1, -0.05) is 32.5 Å². The molecule has 0 rings (SSSR count). The van der Waals surface area contributed by atoms with Gasteiger partial charge in [-0.2, -0.15) is 0 Å². The van der Waals surface area contributed by atoms with E-state index in [0.29, 0.717) is 6.61 Å². The summed E-state index contributed by atoms with van der Waals surface area (Å²) in [4.78, 5) is 10.5. The summed E-state index contributed by atoms with van der Waals surface area (Å²) in [7, 11) is -1.04. The lowest BCUT2D eigenvalue weighted by molar-refractivity contribution is -0.140. The van der Waals surface area contributed by atoms with E-state index in [9.17, 15) is 4.79 Å². The molecule has 0 spiro atoms. The van der Waals surface area contributed by atoms with E-state index < -0.39 is 8.07 Å². The summed E-state index contributed by atoms with van der Waals surface area (Å²) in [5.41, 5.74) is 0. The Labute approximate surface area is 76.3 Å². The number of rotatable bonds is 5. The predicted molar refractivity (Wildman–Crippen MR) is 54.0 cm³/mol. The molecule has 12 heavy (non-hydrogen) atoms. The van der Waals surface area contributed by atoms with Crippen LogP contribution in [0.4, 0.5) is 0 Å². The molecular weight excluding hydrogens is 168 g/mol. The number of ether oxygens (including phenoxy) is 1. The Morgan fingerprint density at radius 1 is 1.33 bits per heavy atom. The molecule has 0 heterocycles. The largest absolute Gasteiger partial charge is 0.466 e. The highest BCUT2D eigenvalue weighted by atomic mass is 28.3. The quantitative estimate of drug-likeness (QED) is 0.490. The summed E-state index contributed by atoms with van der Waals surface area (Å²) >= 11 is 0. The lowest BCUT2D eigenvalue weighted by Crippen LogP contribution is -2.29. The molecule has 0 amide bonds. The molecule has 0 aromatic heterocycles. The van der Waals surface area contributed by atoms with Crippen molar-refractivity contribution < 1.29 is 9.53 Å². The van der Waals surface area contributed by atoms with E-state index in [2.05, 4.69) is 20.4 Å². The average Bonchev–Trinajstić information content (AvgIpc) is 2.03. The Bertz CT molecular complexity index is 141. The van der Waals surface area contributed by atoms with Crippen LogP contribution in [-0.2, 0) is 9.53 Å². The number of hydrogen-bond acceptors (Lipinski definition) is 2. The summed E-state index contributed by atoms with van der Waals surface area (Å²) in [5.74, 6) is -0.154. The van der Waals surface area contributed by atoms with Crippen LogP contribution in [0.1, 0.15) is 20.8 Å². The molecule has 0 saturated carbocycles. The van der Waals surface area contributed by atoms with Crippen LogP contribution < -0.4 is 0 Å². The van der Waals surface area contributed by atoms with Gasteiger partial charge in [0, 0.05) is 6.92 Å². The van der Waals surface area contributed by atoms with Gasteiger partial charge >= 0.3 is 5.97 Å². The summed E-state index contributed by atoms with van der Waals surface area (Å²) < 4.78 is 4.94. The molecule has 3 heteroatoms. The number of esters is 1. The summed E-state index contributed by atoms with van der Waals surface area (Å²) in [6, 6.07) is 3.68. The topological polar surface area (TPSA) is 26.3 Å². The second-order valence-corrected chi connectivity index (χ2v) is 9.14. The highest BCUT2D eigenvalue weighted by Crippen LogP contribution is 2.19. The van der Waals surface area contributed by atoms with Gasteiger partial charge in [0.15, 0.2) is 0 Å². The van der Waals surface area contributed by atoms with E-state index in [1.54, 1.807) is 0 Å². The fourth-order valence-corrected chi connectivity index (χ4v) is 2.85. The first-order valence-corrected chi connectivity index (χ1v) is 7.79. The zero-order valence-electron chi connectivity index (χ0n) is 8.64. The van der Waals surface area contributed by atoms with Gasteiger partial charge < -0.3 is 4.74 Å². The minimum atomic E-state index is -1.04. The van der Waals surface area contributed by atoms with Crippen LogP contribution >= 0.6 is 0 Å². The Morgan fingerprint density at radius 2 is 1.83 bits per heavy atom. The third-order valence-corrected chi connectivity index (χ3v) is 7.54. The van der Waals surface area contributed by atoms with Gasteiger partial charge in [0.25, 0.3) is 0 Å². The van der Waals surface area contributed by atoms with Crippen molar-refractivity contribution in [3.8, 4) is 0 Å². The van der Waals surface area contributed by atoms with E-state index in [1.165, 1.54) is 19.0 Å². The summed E-state index contributed by atoms with van der Waals surface area (Å²) in [6.07, 6.45) is 0. The fraction of sp³-hybridized carbons (Fsp3) is 0.889. The maximum Gasteiger partial charge on any atom is 0.302 e. The van der Waals surface area contributed by atoms with Crippen molar-refractivity contribution >= 4 is 14.0 Å². The smallest absolute Gasteiger partial charge is 0.302 e. The van der Waals surface area contributed by atoms with Gasteiger partial charge in [-0.15, -0.1) is 0 Å². The van der Waals surface area contributed by atoms with Crippen LogP contribution in [-0.4, -0.2) is 20.7 Å². The molecule has 0 aliphatic heterocycles. The fourth-order valence-electron chi connectivity index (χ4n) is 1.04. The van der Waals surface area contributed by atoms with Crippen LogP contribution in [0, 0.1) is 0 Å². The van der Waals surface area contributed by atoms with Gasteiger partial charge in [-0.05, 0) is 6.04 Å². The SMILES string of the molecule is CC[Si](C)(CC)CCOC(C)=O. The molecule has 0 bridgehead atoms. The van der Waals surface area contributed by atoms with Gasteiger partial charge in [0.2, 0.25) is 0 Å². The molecule has 0 N–H and O–H groups in total. The van der Waals surface area contributed by atoms with E-state index in [-0.39, 0.29) is 5.97 Å². The Hall–Kier alpha value is -0.313. The molecule has 0 fully saturated rings. The molecule has 0 aromatic carbocycles. The van der Waals surface area contributed by atoms with Crippen LogP contribution in [0.2, 0.25) is 24.7 Å². The third-order valence-electron chi connectivity index (χ3n) is 2.72. The number of carbonyl (C=O) groups is 1. The van der Waals surface area contributed by atoms with Crippen molar-refractivity contribution in [1.29, 1.82) is 0 Å². The van der Waals surface area contributed by atoms with Crippen molar-refractivity contribution in [2.75, 3.05) is 6.61 Å². The second kappa shape index (κ2) is 5.35. The maximum atomic E-state index is 10.5. The highest BCUT2D eigenvalue weighted by molar-refractivity contribution is 6.78. The lowest BCUT2D eigenvalue weighted by Gasteiger charge is -2.23. The van der Waals surface area contributed by atoms with Crippen molar-refractivity contribution in [2.24, 2.45) is 0 Å². The molecule has 2 nitrogen and oxygen atoms in total. The molecular formula is C9H20O2Si. The van der Waals surface area contributed by atoms with Crippen molar-refractivity contribution in [2.45, 2.75) is 45.5 Å². The van der Waals surface area contributed by atoms with Gasteiger partial charge in [0.05, 0.1) is 14.7 Å². The monoisotopic (exact) mass is 188 g/mol. The van der Waals surface area contributed by atoms with Gasteiger partial charge in [-0.3, -0.25) is 4.79 Å². The zero-order valence-corrected chi connectivity index (χ0v) is 9.64. The maximum absolute atomic E-state index is 10.5.